The van der Waals surface area contributed by atoms with Crippen LogP contribution in [0.3, 0.4) is 0 Å². The summed E-state index contributed by atoms with van der Waals surface area (Å²) >= 11 is 0. The fourth-order valence-electron chi connectivity index (χ4n) is 1.31. The molecule has 0 aliphatic heterocycles. The Morgan fingerprint density at radius 3 is 2.36 bits per heavy atom. The fraction of sp³-hybridized carbons (Fsp3) is 0.400. The van der Waals surface area contributed by atoms with E-state index in [1.807, 2.05) is 0 Å². The monoisotopic (exact) mass is 200 g/mol. The van der Waals surface area contributed by atoms with E-state index in [4.69, 9.17) is 5.73 Å². The van der Waals surface area contributed by atoms with Gasteiger partial charge < -0.3 is 10.6 Å². The van der Waals surface area contributed by atoms with Crippen LogP contribution in [0.25, 0.3) is 0 Å². The lowest BCUT2D eigenvalue weighted by molar-refractivity contribution is -0.0262. The molecule has 1 aromatic carbocycles. The molecule has 0 spiro atoms. The number of halogens is 2. The van der Waals surface area contributed by atoms with Gasteiger partial charge in [-0.2, -0.15) is 8.78 Å². The zero-order valence-corrected chi connectivity index (χ0v) is 8.30. The topological polar surface area (TPSA) is 29.3 Å². The van der Waals surface area contributed by atoms with Crippen LogP contribution >= 0.6 is 0 Å². The quantitative estimate of drug-likeness (QED) is 0.755. The second kappa shape index (κ2) is 3.92. The highest BCUT2D eigenvalue weighted by Crippen LogP contribution is 2.32. The molecule has 0 saturated heterocycles. The predicted octanol–water partition coefficient (Wildman–Crippen LogP) is 1.92. The maximum atomic E-state index is 13.5. The average molecular weight is 200 g/mol. The number of benzene rings is 1. The summed E-state index contributed by atoms with van der Waals surface area (Å²) in [4.78, 5) is 1.44. The molecule has 4 heteroatoms. The minimum Gasteiger partial charge on any atom is -0.398 e. The zero-order chi connectivity index (χ0) is 10.8. The molecule has 2 N–H and O–H groups in total. The lowest BCUT2D eigenvalue weighted by Crippen LogP contribution is -2.30. The van der Waals surface area contributed by atoms with Gasteiger partial charge in [-0.25, -0.2) is 0 Å². The van der Waals surface area contributed by atoms with Crippen LogP contribution in [-0.4, -0.2) is 25.5 Å². The van der Waals surface area contributed by atoms with Gasteiger partial charge in [0.05, 0.1) is 6.54 Å². The van der Waals surface area contributed by atoms with Gasteiger partial charge in [0.25, 0.3) is 5.92 Å². The highest BCUT2D eigenvalue weighted by atomic mass is 19.3. The number of nitrogen functional groups attached to an aromatic ring is 1. The molecule has 0 radical (unpaired) electrons. The van der Waals surface area contributed by atoms with Crippen molar-refractivity contribution in [1.29, 1.82) is 0 Å². The molecule has 0 unspecified atom stereocenters. The number of hydrogen-bond donors (Lipinski definition) is 1. The lowest BCUT2D eigenvalue weighted by Gasteiger charge is -2.22. The summed E-state index contributed by atoms with van der Waals surface area (Å²) in [7, 11) is 3.21. The zero-order valence-electron chi connectivity index (χ0n) is 8.30. The number of likely N-dealkylation sites (N-methyl/N-ethyl adjacent to an activating group) is 1. The maximum Gasteiger partial charge on any atom is 0.287 e. The van der Waals surface area contributed by atoms with Gasteiger partial charge in [-0.15, -0.1) is 0 Å². The molecular weight excluding hydrogens is 186 g/mol. The second-order valence-electron chi connectivity index (χ2n) is 3.53. The minimum absolute atomic E-state index is 0.103. The molecule has 0 aliphatic carbocycles. The first-order chi connectivity index (χ1) is 6.43. The van der Waals surface area contributed by atoms with Crippen molar-refractivity contribution in [3.8, 4) is 0 Å². The summed E-state index contributed by atoms with van der Waals surface area (Å²) in [5.74, 6) is -2.89. The fourth-order valence-corrected chi connectivity index (χ4v) is 1.31. The SMILES string of the molecule is CN(C)CC(F)(F)c1ccccc1N. The van der Waals surface area contributed by atoms with Crippen LogP contribution in [0.5, 0.6) is 0 Å². The van der Waals surface area contributed by atoms with Crippen molar-refractivity contribution in [2.24, 2.45) is 0 Å². The summed E-state index contributed by atoms with van der Waals surface area (Å²) in [6, 6.07) is 6.05. The molecule has 78 valence electrons. The van der Waals surface area contributed by atoms with Gasteiger partial charge in [-0.05, 0) is 20.2 Å². The highest BCUT2D eigenvalue weighted by molar-refractivity contribution is 5.48. The van der Waals surface area contributed by atoms with Crippen molar-refractivity contribution in [3.63, 3.8) is 0 Å². The Kier molecular flexibility index (Phi) is 3.06. The Labute approximate surface area is 82.3 Å². The summed E-state index contributed by atoms with van der Waals surface area (Å²) in [6.07, 6.45) is 0. The molecule has 0 fully saturated rings. The van der Waals surface area contributed by atoms with E-state index in [0.717, 1.165) is 0 Å². The average Bonchev–Trinajstić information content (AvgIpc) is 2.02. The van der Waals surface area contributed by atoms with Crippen LogP contribution in [0.2, 0.25) is 0 Å². The molecule has 1 aromatic rings. The van der Waals surface area contributed by atoms with E-state index >= 15 is 0 Å². The first-order valence-corrected chi connectivity index (χ1v) is 4.31. The third-order valence-corrected chi connectivity index (χ3v) is 1.87. The Balaban J connectivity index is 2.97. The Hall–Kier alpha value is -1.16. The van der Waals surface area contributed by atoms with E-state index in [0.29, 0.717) is 0 Å². The summed E-state index contributed by atoms with van der Waals surface area (Å²) in [5, 5.41) is 0. The first-order valence-electron chi connectivity index (χ1n) is 4.31. The molecule has 0 saturated carbocycles. The van der Waals surface area contributed by atoms with Crippen LogP contribution in [-0.2, 0) is 5.92 Å². The molecule has 2 nitrogen and oxygen atoms in total. The number of nitrogens with zero attached hydrogens (tertiary/aromatic N) is 1. The van der Waals surface area contributed by atoms with Crippen molar-refractivity contribution in [2.45, 2.75) is 5.92 Å². The van der Waals surface area contributed by atoms with E-state index in [-0.39, 0.29) is 17.8 Å². The first kappa shape index (κ1) is 10.9. The van der Waals surface area contributed by atoms with E-state index in [1.165, 1.54) is 17.0 Å². The highest BCUT2D eigenvalue weighted by Gasteiger charge is 2.33. The van der Waals surface area contributed by atoms with E-state index < -0.39 is 5.92 Å². The Morgan fingerprint density at radius 1 is 1.29 bits per heavy atom. The largest absolute Gasteiger partial charge is 0.398 e. The van der Waals surface area contributed by atoms with Crippen molar-refractivity contribution in [2.75, 3.05) is 26.4 Å². The van der Waals surface area contributed by atoms with E-state index in [2.05, 4.69) is 0 Å². The van der Waals surface area contributed by atoms with Gasteiger partial charge >= 0.3 is 0 Å². The minimum atomic E-state index is -2.89. The summed E-state index contributed by atoms with van der Waals surface area (Å²) in [5.41, 5.74) is 5.52. The van der Waals surface area contributed by atoms with Crippen molar-refractivity contribution >= 4 is 5.69 Å². The smallest absolute Gasteiger partial charge is 0.287 e. The van der Waals surface area contributed by atoms with Crippen molar-refractivity contribution in [1.82, 2.24) is 4.90 Å². The van der Waals surface area contributed by atoms with E-state index in [9.17, 15) is 8.78 Å². The van der Waals surface area contributed by atoms with Crippen LogP contribution in [0, 0.1) is 0 Å². The Bertz CT molecular complexity index is 311. The van der Waals surface area contributed by atoms with Crippen LogP contribution in [0.4, 0.5) is 14.5 Å². The van der Waals surface area contributed by atoms with E-state index in [1.54, 1.807) is 26.2 Å². The number of anilines is 1. The lowest BCUT2D eigenvalue weighted by atomic mass is 10.1. The molecule has 0 amide bonds. The molecule has 0 bridgehead atoms. The normalized spacial score (nSPS) is 12.1. The predicted molar refractivity (Wildman–Crippen MR) is 53.3 cm³/mol. The molecule has 14 heavy (non-hydrogen) atoms. The van der Waals surface area contributed by atoms with Gasteiger partial charge in [0.1, 0.15) is 0 Å². The maximum absolute atomic E-state index is 13.5. The number of para-hydroxylation sites is 1. The van der Waals surface area contributed by atoms with Gasteiger partial charge in [-0.1, -0.05) is 18.2 Å². The van der Waals surface area contributed by atoms with Gasteiger partial charge in [-0.3, -0.25) is 0 Å². The van der Waals surface area contributed by atoms with Crippen LogP contribution in [0.15, 0.2) is 24.3 Å². The Morgan fingerprint density at radius 2 is 1.86 bits per heavy atom. The summed E-state index contributed by atoms with van der Waals surface area (Å²) in [6.45, 7) is -0.332. The third kappa shape index (κ3) is 2.42. The molecule has 0 heterocycles. The van der Waals surface area contributed by atoms with Gasteiger partial charge in [0.2, 0.25) is 0 Å². The molecule has 0 aromatic heterocycles. The van der Waals surface area contributed by atoms with Gasteiger partial charge in [0, 0.05) is 11.3 Å². The second-order valence-corrected chi connectivity index (χ2v) is 3.53. The van der Waals surface area contributed by atoms with Crippen molar-refractivity contribution in [3.05, 3.63) is 29.8 Å². The number of nitrogens with two attached hydrogens (primary N) is 1. The standard InChI is InChI=1S/C10H14F2N2/c1-14(2)7-10(11,12)8-5-3-4-6-9(8)13/h3-6H,7,13H2,1-2H3. The van der Waals surface area contributed by atoms with Crippen molar-refractivity contribution < 1.29 is 8.78 Å². The number of alkyl halides is 2. The third-order valence-electron chi connectivity index (χ3n) is 1.87. The summed E-state index contributed by atoms with van der Waals surface area (Å²) < 4.78 is 27.1. The molecule has 0 atom stereocenters. The number of hydrogen-bond acceptors (Lipinski definition) is 2. The number of rotatable bonds is 3. The molecular formula is C10H14F2N2. The van der Waals surface area contributed by atoms with Crippen LogP contribution in [0.1, 0.15) is 5.56 Å². The van der Waals surface area contributed by atoms with Gasteiger partial charge in [0.15, 0.2) is 0 Å². The molecule has 1 rings (SSSR count). The van der Waals surface area contributed by atoms with Crippen LogP contribution < -0.4 is 5.73 Å². The molecule has 0 aliphatic rings.